The van der Waals surface area contributed by atoms with E-state index in [1.54, 1.807) is 5.38 Å². The molecule has 7 heteroatoms. The van der Waals surface area contributed by atoms with Crippen LogP contribution < -0.4 is 16.4 Å². The minimum atomic E-state index is -0.436. The summed E-state index contributed by atoms with van der Waals surface area (Å²) in [6.07, 6.45) is 0.185. The smallest absolute Gasteiger partial charge is 0.228 e. The van der Waals surface area contributed by atoms with Crippen LogP contribution in [-0.4, -0.2) is 28.9 Å². The molecule has 6 nitrogen and oxygen atoms in total. The Morgan fingerprint density at radius 3 is 2.65 bits per heavy atom. The fourth-order valence-corrected chi connectivity index (χ4v) is 1.96. The highest BCUT2D eigenvalue weighted by Crippen LogP contribution is 2.16. The number of nitrogens with two attached hydrogens (primary N) is 1. The number of rotatable bonds is 6. The van der Waals surface area contributed by atoms with Crippen LogP contribution in [0.1, 0.15) is 33.4 Å². The summed E-state index contributed by atoms with van der Waals surface area (Å²) >= 11 is 1.31. The monoisotopic (exact) mass is 298 g/mol. The topological polar surface area (TPSA) is 97.1 Å². The summed E-state index contributed by atoms with van der Waals surface area (Å²) in [6, 6.07) is 0. The van der Waals surface area contributed by atoms with Gasteiger partial charge in [-0.15, -0.1) is 11.3 Å². The summed E-state index contributed by atoms with van der Waals surface area (Å²) < 4.78 is 0. The van der Waals surface area contributed by atoms with Gasteiger partial charge in [0.05, 0.1) is 12.1 Å². The fourth-order valence-electron chi connectivity index (χ4n) is 1.25. The van der Waals surface area contributed by atoms with Crippen molar-refractivity contribution in [2.75, 3.05) is 11.9 Å². The van der Waals surface area contributed by atoms with Crippen molar-refractivity contribution in [2.45, 2.75) is 39.7 Å². The summed E-state index contributed by atoms with van der Waals surface area (Å²) in [5.41, 5.74) is 5.99. The Hall–Kier alpha value is -1.47. The highest BCUT2D eigenvalue weighted by atomic mass is 32.1. The predicted molar refractivity (Wildman–Crippen MR) is 80.6 cm³/mol. The van der Waals surface area contributed by atoms with Crippen LogP contribution in [0.25, 0.3) is 0 Å². The molecule has 1 aromatic rings. The van der Waals surface area contributed by atoms with Crippen LogP contribution in [0.15, 0.2) is 5.38 Å². The van der Waals surface area contributed by atoms with Crippen molar-refractivity contribution in [1.82, 2.24) is 10.3 Å². The second-order valence-electron chi connectivity index (χ2n) is 5.73. The summed E-state index contributed by atoms with van der Waals surface area (Å²) in [4.78, 5) is 27.4. The maximum atomic E-state index is 11.7. The minimum Gasteiger partial charge on any atom is -0.354 e. The lowest BCUT2D eigenvalue weighted by Gasteiger charge is -2.18. The maximum absolute atomic E-state index is 11.7. The van der Waals surface area contributed by atoms with Crippen molar-refractivity contribution < 1.29 is 9.59 Å². The van der Waals surface area contributed by atoms with Gasteiger partial charge in [-0.3, -0.25) is 9.59 Å². The van der Waals surface area contributed by atoms with Crippen molar-refractivity contribution in [1.29, 1.82) is 0 Å². The Balaban J connectivity index is 2.48. The van der Waals surface area contributed by atoms with Crippen LogP contribution in [0, 0.1) is 5.92 Å². The number of nitrogens with zero attached hydrogens (tertiary/aromatic N) is 1. The molecule has 1 rings (SSSR count). The molecule has 112 valence electrons. The lowest BCUT2D eigenvalue weighted by molar-refractivity contribution is -0.120. The van der Waals surface area contributed by atoms with Gasteiger partial charge >= 0.3 is 0 Å². The zero-order valence-corrected chi connectivity index (χ0v) is 13.1. The molecule has 1 heterocycles. The van der Waals surface area contributed by atoms with Gasteiger partial charge in [0.2, 0.25) is 11.8 Å². The number of carbonyl (C=O) groups excluding carboxylic acids is 2. The Bertz CT molecular complexity index is 477. The average Bonchev–Trinajstić information content (AvgIpc) is 2.73. The van der Waals surface area contributed by atoms with Crippen molar-refractivity contribution in [3.05, 3.63) is 11.1 Å². The number of carbonyl (C=O) groups is 2. The van der Waals surface area contributed by atoms with Gasteiger partial charge in [0.1, 0.15) is 0 Å². The number of amides is 2. The standard InChI is InChI=1S/C13H22N4O2S/c1-8(2)11(19)17-12-16-9(6-20-12)5-10(18)15-7-13(3,4)14/h6,8H,5,7,14H2,1-4H3,(H,15,18)(H,16,17,19). The van der Waals surface area contributed by atoms with E-state index in [4.69, 9.17) is 5.73 Å². The molecule has 0 saturated heterocycles. The third kappa shape index (κ3) is 6.12. The van der Waals surface area contributed by atoms with Crippen LogP contribution in [-0.2, 0) is 16.0 Å². The van der Waals surface area contributed by atoms with Gasteiger partial charge in [-0.1, -0.05) is 13.8 Å². The molecule has 0 aliphatic heterocycles. The molecule has 4 N–H and O–H groups in total. The molecule has 1 aromatic heterocycles. The molecule has 2 amide bonds. The second-order valence-corrected chi connectivity index (χ2v) is 6.59. The lowest BCUT2D eigenvalue weighted by Crippen LogP contribution is -2.45. The first-order valence-corrected chi connectivity index (χ1v) is 7.36. The third-order valence-electron chi connectivity index (χ3n) is 2.39. The molecule has 20 heavy (non-hydrogen) atoms. The molecule has 0 aliphatic carbocycles. The van der Waals surface area contributed by atoms with Crippen LogP contribution in [0.5, 0.6) is 0 Å². The maximum Gasteiger partial charge on any atom is 0.228 e. The summed E-state index contributed by atoms with van der Waals surface area (Å²) in [5, 5.41) is 7.75. The molecule has 0 bridgehead atoms. The number of hydrogen-bond acceptors (Lipinski definition) is 5. The zero-order valence-electron chi connectivity index (χ0n) is 12.3. The second kappa shape index (κ2) is 6.81. The summed E-state index contributed by atoms with van der Waals surface area (Å²) in [5.74, 6) is -0.312. The number of hydrogen-bond donors (Lipinski definition) is 3. The average molecular weight is 298 g/mol. The molecular formula is C13H22N4O2S. The van der Waals surface area contributed by atoms with Crippen molar-refractivity contribution in [2.24, 2.45) is 11.7 Å². The predicted octanol–water partition coefficient (Wildman–Crippen LogP) is 1.13. The number of thiazole rings is 1. The summed E-state index contributed by atoms with van der Waals surface area (Å²) in [6.45, 7) is 7.72. The molecule has 0 fully saturated rings. The van der Waals surface area contributed by atoms with Crippen molar-refractivity contribution in [3.8, 4) is 0 Å². The number of nitrogens with one attached hydrogen (secondary N) is 2. The molecule has 0 unspecified atom stereocenters. The van der Waals surface area contributed by atoms with E-state index in [0.29, 0.717) is 17.4 Å². The van der Waals surface area contributed by atoms with E-state index in [1.807, 2.05) is 27.7 Å². The first-order chi connectivity index (χ1) is 9.17. The van der Waals surface area contributed by atoms with Gasteiger partial charge < -0.3 is 16.4 Å². The number of anilines is 1. The van der Waals surface area contributed by atoms with Gasteiger partial charge in [0.15, 0.2) is 5.13 Å². The molecule has 0 atom stereocenters. The lowest BCUT2D eigenvalue weighted by atomic mass is 10.1. The van der Waals surface area contributed by atoms with E-state index in [0.717, 1.165) is 0 Å². The Labute approximate surface area is 123 Å². The van der Waals surface area contributed by atoms with Gasteiger partial charge in [0.25, 0.3) is 0 Å². The normalized spacial score (nSPS) is 11.5. The van der Waals surface area contributed by atoms with Crippen LogP contribution in [0.4, 0.5) is 5.13 Å². The van der Waals surface area contributed by atoms with Gasteiger partial charge in [0, 0.05) is 23.4 Å². The number of aromatic nitrogens is 1. The Kier molecular flexibility index (Phi) is 5.64. The third-order valence-corrected chi connectivity index (χ3v) is 3.20. The van der Waals surface area contributed by atoms with E-state index in [1.165, 1.54) is 11.3 Å². The molecule has 0 saturated carbocycles. The molecular weight excluding hydrogens is 276 g/mol. The van der Waals surface area contributed by atoms with Crippen molar-refractivity contribution >= 4 is 28.3 Å². The van der Waals surface area contributed by atoms with Crippen molar-refractivity contribution in [3.63, 3.8) is 0 Å². The summed E-state index contributed by atoms with van der Waals surface area (Å²) in [7, 11) is 0. The van der Waals surface area contributed by atoms with Gasteiger partial charge in [-0.25, -0.2) is 4.98 Å². The molecule has 0 aromatic carbocycles. The quantitative estimate of drug-likeness (QED) is 0.733. The van der Waals surface area contributed by atoms with E-state index < -0.39 is 5.54 Å². The molecule has 0 aliphatic rings. The molecule has 0 radical (unpaired) electrons. The van der Waals surface area contributed by atoms with Crippen LogP contribution in [0.2, 0.25) is 0 Å². The SMILES string of the molecule is CC(C)C(=O)Nc1nc(CC(=O)NCC(C)(C)N)cs1. The van der Waals surface area contributed by atoms with Crippen LogP contribution in [0.3, 0.4) is 0 Å². The van der Waals surface area contributed by atoms with E-state index in [-0.39, 0.29) is 24.2 Å². The van der Waals surface area contributed by atoms with Gasteiger partial charge in [-0.2, -0.15) is 0 Å². The fraction of sp³-hybridized carbons (Fsp3) is 0.615. The Morgan fingerprint density at radius 1 is 1.45 bits per heavy atom. The highest BCUT2D eigenvalue weighted by molar-refractivity contribution is 7.13. The van der Waals surface area contributed by atoms with E-state index in [9.17, 15) is 9.59 Å². The zero-order chi connectivity index (χ0) is 15.3. The highest BCUT2D eigenvalue weighted by Gasteiger charge is 2.14. The molecule has 0 spiro atoms. The Morgan fingerprint density at radius 2 is 2.10 bits per heavy atom. The first kappa shape index (κ1) is 16.6. The minimum absolute atomic E-state index is 0.0831. The van der Waals surface area contributed by atoms with E-state index >= 15 is 0 Å². The van der Waals surface area contributed by atoms with E-state index in [2.05, 4.69) is 15.6 Å². The first-order valence-electron chi connectivity index (χ1n) is 6.48. The largest absolute Gasteiger partial charge is 0.354 e. The van der Waals surface area contributed by atoms with Gasteiger partial charge in [-0.05, 0) is 13.8 Å². The van der Waals surface area contributed by atoms with Crippen LogP contribution >= 0.6 is 11.3 Å².